The van der Waals surface area contributed by atoms with Crippen LogP contribution in [0, 0.1) is 0 Å². The number of rotatable bonds is 9. The molecule has 6 heteroatoms. The molecule has 0 unspecified atom stereocenters. The number of aryl methyl sites for hydroxylation is 1. The van der Waals surface area contributed by atoms with Crippen LogP contribution in [0.15, 0.2) is 0 Å². The maximum absolute atomic E-state index is 10.8. The van der Waals surface area contributed by atoms with Gasteiger partial charge in [-0.05, 0) is 12.8 Å². The summed E-state index contributed by atoms with van der Waals surface area (Å²) < 4.78 is 11.8. The highest BCUT2D eigenvalue weighted by Crippen LogP contribution is 2.06. The standard InChI is InChI=1S/C11H19N3O3/c1-16-7-4-3-6-14-11(5-8-17-2)10(9-15)12-13-14/h9H,3-8H2,1-2H3. The maximum Gasteiger partial charge on any atom is 0.172 e. The van der Waals surface area contributed by atoms with Gasteiger partial charge in [0.05, 0.1) is 12.3 Å². The third-order valence-corrected chi connectivity index (χ3v) is 2.49. The van der Waals surface area contributed by atoms with E-state index in [1.807, 2.05) is 0 Å². The fourth-order valence-corrected chi connectivity index (χ4v) is 1.58. The molecule has 0 aliphatic carbocycles. The zero-order chi connectivity index (χ0) is 12.5. The minimum Gasteiger partial charge on any atom is -0.385 e. The average Bonchev–Trinajstić information content (AvgIpc) is 2.74. The molecule has 0 bridgehead atoms. The van der Waals surface area contributed by atoms with Crippen LogP contribution >= 0.6 is 0 Å². The lowest BCUT2D eigenvalue weighted by atomic mass is 10.2. The van der Waals surface area contributed by atoms with Crippen molar-refractivity contribution in [1.29, 1.82) is 0 Å². The summed E-state index contributed by atoms with van der Waals surface area (Å²) >= 11 is 0. The quantitative estimate of drug-likeness (QED) is 0.470. The van der Waals surface area contributed by atoms with Crippen LogP contribution < -0.4 is 0 Å². The van der Waals surface area contributed by atoms with Crippen molar-refractivity contribution >= 4 is 6.29 Å². The zero-order valence-electron chi connectivity index (χ0n) is 10.4. The normalized spacial score (nSPS) is 10.7. The molecule has 1 rings (SSSR count). The minimum atomic E-state index is 0.411. The lowest BCUT2D eigenvalue weighted by Crippen LogP contribution is -2.09. The number of aromatic nitrogens is 3. The monoisotopic (exact) mass is 241 g/mol. The van der Waals surface area contributed by atoms with Crippen molar-refractivity contribution in [3.8, 4) is 0 Å². The smallest absolute Gasteiger partial charge is 0.172 e. The van der Waals surface area contributed by atoms with E-state index >= 15 is 0 Å². The Labute approximate surface area is 101 Å². The SMILES string of the molecule is COCCCCn1nnc(C=O)c1CCOC. The van der Waals surface area contributed by atoms with Gasteiger partial charge < -0.3 is 9.47 Å². The Bertz CT molecular complexity index is 339. The maximum atomic E-state index is 10.8. The number of nitrogens with zero attached hydrogens (tertiary/aromatic N) is 3. The number of ether oxygens (including phenoxy) is 2. The molecule has 0 saturated carbocycles. The average molecular weight is 241 g/mol. The molecular weight excluding hydrogens is 222 g/mol. The second kappa shape index (κ2) is 7.92. The Morgan fingerprint density at radius 1 is 1.24 bits per heavy atom. The van der Waals surface area contributed by atoms with Crippen LogP contribution in [0.2, 0.25) is 0 Å². The van der Waals surface area contributed by atoms with Gasteiger partial charge in [0.1, 0.15) is 5.69 Å². The van der Waals surface area contributed by atoms with E-state index in [0.29, 0.717) is 18.7 Å². The molecule has 0 spiro atoms. The van der Waals surface area contributed by atoms with E-state index in [2.05, 4.69) is 10.3 Å². The van der Waals surface area contributed by atoms with Gasteiger partial charge in [0.15, 0.2) is 6.29 Å². The van der Waals surface area contributed by atoms with Crippen LogP contribution in [0.1, 0.15) is 29.0 Å². The molecule has 0 N–H and O–H groups in total. The first-order valence-electron chi connectivity index (χ1n) is 5.69. The molecule has 0 aliphatic heterocycles. The molecular formula is C11H19N3O3. The lowest BCUT2D eigenvalue weighted by Gasteiger charge is -2.06. The number of methoxy groups -OCH3 is 2. The summed E-state index contributed by atoms with van der Waals surface area (Å²) in [4.78, 5) is 10.8. The molecule has 17 heavy (non-hydrogen) atoms. The molecule has 0 atom stereocenters. The summed E-state index contributed by atoms with van der Waals surface area (Å²) in [7, 11) is 3.32. The van der Waals surface area contributed by atoms with Crippen molar-refractivity contribution in [2.24, 2.45) is 0 Å². The van der Waals surface area contributed by atoms with Crippen LogP contribution in [0.3, 0.4) is 0 Å². The van der Waals surface area contributed by atoms with Crippen molar-refractivity contribution in [2.45, 2.75) is 25.8 Å². The van der Waals surface area contributed by atoms with Gasteiger partial charge in [-0.2, -0.15) is 0 Å². The van der Waals surface area contributed by atoms with Crippen molar-refractivity contribution in [1.82, 2.24) is 15.0 Å². The number of hydrogen-bond acceptors (Lipinski definition) is 5. The van der Waals surface area contributed by atoms with Gasteiger partial charge in [0.25, 0.3) is 0 Å². The number of unbranched alkanes of at least 4 members (excludes halogenated alkanes) is 1. The van der Waals surface area contributed by atoms with Crippen molar-refractivity contribution in [3.05, 3.63) is 11.4 Å². The van der Waals surface area contributed by atoms with E-state index < -0.39 is 0 Å². The molecule has 0 aliphatic rings. The van der Waals surface area contributed by atoms with E-state index in [4.69, 9.17) is 9.47 Å². The first kappa shape index (κ1) is 13.8. The van der Waals surface area contributed by atoms with Crippen LogP contribution in [-0.2, 0) is 22.4 Å². The van der Waals surface area contributed by atoms with E-state index in [1.54, 1.807) is 18.9 Å². The van der Waals surface area contributed by atoms with Gasteiger partial charge >= 0.3 is 0 Å². The molecule has 6 nitrogen and oxygen atoms in total. The van der Waals surface area contributed by atoms with Crippen LogP contribution in [0.25, 0.3) is 0 Å². The highest BCUT2D eigenvalue weighted by Gasteiger charge is 2.11. The molecule has 0 fully saturated rings. The molecule has 1 aromatic heterocycles. The number of carbonyl (C=O) groups excluding carboxylic acids is 1. The number of aldehydes is 1. The van der Waals surface area contributed by atoms with Crippen molar-refractivity contribution in [2.75, 3.05) is 27.4 Å². The highest BCUT2D eigenvalue weighted by atomic mass is 16.5. The van der Waals surface area contributed by atoms with Crippen LogP contribution in [-0.4, -0.2) is 48.7 Å². The predicted molar refractivity (Wildman–Crippen MR) is 62.1 cm³/mol. The zero-order valence-corrected chi connectivity index (χ0v) is 10.4. The molecule has 0 radical (unpaired) electrons. The molecule has 0 saturated heterocycles. The summed E-state index contributed by atoms with van der Waals surface area (Å²) in [6.45, 7) is 2.05. The van der Waals surface area contributed by atoms with Gasteiger partial charge in [-0.15, -0.1) is 5.10 Å². The molecule has 0 amide bonds. The second-order valence-corrected chi connectivity index (χ2v) is 3.71. The summed E-state index contributed by atoms with van der Waals surface area (Å²) in [6, 6.07) is 0. The predicted octanol–water partition coefficient (Wildman–Crippen LogP) is 0.706. The number of carbonyl (C=O) groups is 1. The third-order valence-electron chi connectivity index (χ3n) is 2.49. The molecule has 96 valence electrons. The van der Waals surface area contributed by atoms with Gasteiger partial charge in [-0.3, -0.25) is 4.79 Å². The Morgan fingerprint density at radius 3 is 2.65 bits per heavy atom. The third kappa shape index (κ3) is 4.24. The Morgan fingerprint density at radius 2 is 2.00 bits per heavy atom. The molecule has 1 aromatic rings. The molecule has 1 heterocycles. The minimum absolute atomic E-state index is 0.411. The summed E-state index contributed by atoms with van der Waals surface area (Å²) in [5, 5.41) is 7.82. The van der Waals surface area contributed by atoms with E-state index in [-0.39, 0.29) is 0 Å². The first-order valence-corrected chi connectivity index (χ1v) is 5.69. The van der Waals surface area contributed by atoms with Crippen molar-refractivity contribution in [3.63, 3.8) is 0 Å². The van der Waals surface area contributed by atoms with Gasteiger partial charge in [0, 0.05) is 33.8 Å². The number of hydrogen-bond donors (Lipinski definition) is 0. The second-order valence-electron chi connectivity index (χ2n) is 3.71. The summed E-state index contributed by atoms with van der Waals surface area (Å²) in [5.41, 5.74) is 1.26. The Balaban J connectivity index is 2.56. The van der Waals surface area contributed by atoms with Crippen molar-refractivity contribution < 1.29 is 14.3 Å². The highest BCUT2D eigenvalue weighted by molar-refractivity contribution is 5.73. The van der Waals surface area contributed by atoms with Crippen LogP contribution in [0.4, 0.5) is 0 Å². The first-order chi connectivity index (χ1) is 8.33. The van der Waals surface area contributed by atoms with Gasteiger partial charge in [-0.25, -0.2) is 4.68 Å². The van der Waals surface area contributed by atoms with Gasteiger partial charge in [0.2, 0.25) is 0 Å². The topological polar surface area (TPSA) is 66.2 Å². The fraction of sp³-hybridized carbons (Fsp3) is 0.727. The lowest BCUT2D eigenvalue weighted by molar-refractivity contribution is 0.111. The van der Waals surface area contributed by atoms with Gasteiger partial charge in [-0.1, -0.05) is 5.21 Å². The fourth-order valence-electron chi connectivity index (χ4n) is 1.58. The van der Waals surface area contributed by atoms with E-state index in [9.17, 15) is 4.79 Å². The van der Waals surface area contributed by atoms with Crippen LogP contribution in [0.5, 0.6) is 0 Å². The summed E-state index contributed by atoms with van der Waals surface area (Å²) in [5.74, 6) is 0. The molecule has 0 aromatic carbocycles. The largest absolute Gasteiger partial charge is 0.385 e. The van der Waals surface area contributed by atoms with E-state index in [1.165, 1.54) is 0 Å². The Hall–Kier alpha value is -1.27. The van der Waals surface area contributed by atoms with E-state index in [0.717, 1.165) is 38.0 Å². The Kier molecular flexibility index (Phi) is 6.42. The summed E-state index contributed by atoms with van der Waals surface area (Å²) in [6.07, 6.45) is 3.32.